The van der Waals surface area contributed by atoms with Gasteiger partial charge in [0.25, 0.3) is 0 Å². The molecule has 1 rings (SSSR count). The second-order valence-corrected chi connectivity index (χ2v) is 3.19. The van der Waals surface area contributed by atoms with E-state index in [1.807, 2.05) is 0 Å². The lowest BCUT2D eigenvalue weighted by Crippen LogP contribution is -2.20. The molecular weight excluding hydrogens is 250 g/mol. The smallest absolute Gasteiger partial charge is 0.314 e. The molecule has 0 radical (unpaired) electrons. The summed E-state index contributed by atoms with van der Waals surface area (Å²) in [5.41, 5.74) is 11.0. The fraction of sp³-hybridized carbons (Fsp3) is 0.333. The van der Waals surface area contributed by atoms with Gasteiger partial charge in [-0.25, -0.2) is 0 Å². The number of rotatable bonds is 4. The Morgan fingerprint density at radius 3 is 2.59 bits per heavy atom. The Balaban J connectivity index is 0.00000256. The van der Waals surface area contributed by atoms with Crippen LogP contribution in [-0.2, 0) is 0 Å². The Bertz CT molecular complexity index is 413. The first kappa shape index (κ1) is 15.4. The number of phenols is 1. The lowest BCUT2D eigenvalue weighted by atomic mass is 10.1. The normalized spacial score (nSPS) is 11.5. The van der Waals surface area contributed by atoms with Gasteiger partial charge in [-0.1, -0.05) is 0 Å². The van der Waals surface area contributed by atoms with Crippen LogP contribution < -0.4 is 16.2 Å². The van der Waals surface area contributed by atoms with E-state index in [1.54, 1.807) is 0 Å². The van der Waals surface area contributed by atoms with Crippen molar-refractivity contribution in [2.75, 3.05) is 13.7 Å². The highest BCUT2D eigenvalue weighted by molar-refractivity contribution is 5.85. The predicted octanol–water partition coefficient (Wildman–Crippen LogP) is 0.689. The van der Waals surface area contributed by atoms with Crippen molar-refractivity contribution in [3.63, 3.8) is 0 Å². The zero-order chi connectivity index (χ0) is 12.3. The van der Waals surface area contributed by atoms with Crippen LogP contribution in [-0.4, -0.2) is 23.7 Å². The van der Waals surface area contributed by atoms with Gasteiger partial charge in [0.2, 0.25) is 5.75 Å². The van der Waals surface area contributed by atoms with Gasteiger partial charge in [0.15, 0.2) is 5.75 Å². The van der Waals surface area contributed by atoms with Crippen molar-refractivity contribution in [3.05, 3.63) is 27.8 Å². The molecule has 0 saturated heterocycles. The van der Waals surface area contributed by atoms with E-state index in [9.17, 15) is 15.2 Å². The van der Waals surface area contributed by atoms with Crippen molar-refractivity contribution in [1.29, 1.82) is 0 Å². The van der Waals surface area contributed by atoms with Crippen LogP contribution in [0.15, 0.2) is 12.1 Å². The summed E-state index contributed by atoms with van der Waals surface area (Å²) in [6.45, 7) is 0.144. The molecule has 5 N–H and O–H groups in total. The van der Waals surface area contributed by atoms with E-state index < -0.39 is 22.4 Å². The van der Waals surface area contributed by atoms with E-state index >= 15 is 0 Å². The summed E-state index contributed by atoms with van der Waals surface area (Å²) in [4.78, 5) is 9.97. The molecule has 1 aromatic rings. The number of hydrogen-bond donors (Lipinski definition) is 3. The maximum Gasteiger partial charge on any atom is 0.314 e. The molecule has 0 unspecified atom stereocenters. The third-order valence-corrected chi connectivity index (χ3v) is 2.18. The third kappa shape index (κ3) is 3.19. The number of nitrogens with two attached hydrogens (primary N) is 2. The van der Waals surface area contributed by atoms with Gasteiger partial charge >= 0.3 is 5.69 Å². The van der Waals surface area contributed by atoms with E-state index in [-0.39, 0.29) is 24.7 Å². The van der Waals surface area contributed by atoms with Crippen LogP contribution >= 0.6 is 12.4 Å². The Labute approximate surface area is 104 Å². The number of halogens is 1. The molecule has 0 aliphatic carbocycles. The van der Waals surface area contributed by atoms with Crippen molar-refractivity contribution in [2.24, 2.45) is 11.5 Å². The Morgan fingerprint density at radius 1 is 1.59 bits per heavy atom. The second-order valence-electron chi connectivity index (χ2n) is 3.19. The van der Waals surface area contributed by atoms with Crippen molar-refractivity contribution >= 4 is 18.1 Å². The second kappa shape index (κ2) is 6.24. The van der Waals surface area contributed by atoms with Crippen LogP contribution in [0.3, 0.4) is 0 Å². The van der Waals surface area contributed by atoms with Gasteiger partial charge in [-0.15, -0.1) is 12.4 Å². The van der Waals surface area contributed by atoms with Crippen molar-refractivity contribution in [2.45, 2.75) is 6.04 Å². The third-order valence-electron chi connectivity index (χ3n) is 2.18. The summed E-state index contributed by atoms with van der Waals surface area (Å²) in [7, 11) is 1.30. The Hall–Kier alpha value is -1.57. The van der Waals surface area contributed by atoms with Gasteiger partial charge in [0.05, 0.1) is 12.0 Å². The summed E-state index contributed by atoms with van der Waals surface area (Å²) in [5.74, 6) is -0.506. The first-order valence-electron chi connectivity index (χ1n) is 4.52. The Morgan fingerprint density at radius 2 is 2.18 bits per heavy atom. The van der Waals surface area contributed by atoms with Gasteiger partial charge < -0.3 is 21.3 Å². The molecule has 0 heterocycles. The Kier molecular flexibility index (Phi) is 5.66. The first-order chi connectivity index (χ1) is 7.51. The molecule has 0 aromatic heterocycles. The van der Waals surface area contributed by atoms with Crippen LogP contribution in [0.2, 0.25) is 0 Å². The minimum absolute atomic E-state index is 0. The average Bonchev–Trinajstić information content (AvgIpc) is 2.27. The van der Waals surface area contributed by atoms with E-state index in [4.69, 9.17) is 16.2 Å². The molecule has 1 aromatic carbocycles. The summed E-state index contributed by atoms with van der Waals surface area (Å²) >= 11 is 0. The number of nitro benzene ring substituents is 1. The molecule has 0 saturated carbocycles. The van der Waals surface area contributed by atoms with Crippen LogP contribution in [0.5, 0.6) is 11.5 Å². The van der Waals surface area contributed by atoms with Crippen molar-refractivity contribution in [3.8, 4) is 11.5 Å². The highest BCUT2D eigenvalue weighted by atomic mass is 35.5. The number of hydrogen-bond acceptors (Lipinski definition) is 6. The SMILES string of the molecule is COc1cc([C@H](N)CN)cc([N+](=O)[O-])c1O.Cl. The zero-order valence-corrected chi connectivity index (χ0v) is 9.94. The van der Waals surface area contributed by atoms with Crippen LogP contribution in [0.1, 0.15) is 11.6 Å². The zero-order valence-electron chi connectivity index (χ0n) is 9.12. The standard InChI is InChI=1S/C9H13N3O4.ClH/c1-16-8-3-5(6(11)4-10)2-7(9(8)13)12(14)15;/h2-3,6,13H,4,10-11H2,1H3;1H/t6-;/m1./s1. The number of ether oxygens (including phenoxy) is 1. The quantitative estimate of drug-likeness (QED) is 0.542. The molecule has 7 nitrogen and oxygen atoms in total. The summed E-state index contributed by atoms with van der Waals surface area (Å²) in [5, 5.41) is 20.2. The van der Waals surface area contributed by atoms with Crippen molar-refractivity contribution < 1.29 is 14.8 Å². The fourth-order valence-corrected chi connectivity index (χ4v) is 1.26. The van der Waals surface area contributed by atoms with Gasteiger partial charge in [-0.2, -0.15) is 0 Å². The number of nitrogens with zero attached hydrogens (tertiary/aromatic N) is 1. The lowest BCUT2D eigenvalue weighted by molar-refractivity contribution is -0.386. The summed E-state index contributed by atoms with van der Waals surface area (Å²) < 4.78 is 4.82. The average molecular weight is 264 g/mol. The molecule has 8 heteroatoms. The summed E-state index contributed by atoms with van der Waals surface area (Å²) in [6, 6.07) is 2.09. The van der Waals surface area contributed by atoms with Crippen LogP contribution in [0.25, 0.3) is 0 Å². The van der Waals surface area contributed by atoms with E-state index in [1.165, 1.54) is 19.2 Å². The minimum atomic E-state index is -0.704. The van der Waals surface area contributed by atoms with Gasteiger partial charge in [-0.05, 0) is 11.6 Å². The number of benzene rings is 1. The molecule has 0 aliphatic rings. The predicted molar refractivity (Wildman–Crippen MR) is 64.5 cm³/mol. The fourth-order valence-electron chi connectivity index (χ4n) is 1.26. The molecule has 96 valence electrons. The molecule has 17 heavy (non-hydrogen) atoms. The van der Waals surface area contributed by atoms with Crippen LogP contribution in [0.4, 0.5) is 5.69 Å². The molecular formula is C9H14ClN3O4. The highest BCUT2D eigenvalue weighted by Crippen LogP contribution is 2.37. The first-order valence-corrected chi connectivity index (χ1v) is 4.52. The van der Waals surface area contributed by atoms with E-state index in [2.05, 4.69) is 0 Å². The number of phenolic OH excluding ortho intramolecular Hbond substituents is 1. The number of nitro groups is 1. The largest absolute Gasteiger partial charge is 0.500 e. The molecule has 0 aliphatic heterocycles. The monoisotopic (exact) mass is 263 g/mol. The molecule has 0 fully saturated rings. The number of aromatic hydroxyl groups is 1. The summed E-state index contributed by atoms with van der Waals surface area (Å²) in [6.07, 6.45) is 0. The minimum Gasteiger partial charge on any atom is -0.500 e. The van der Waals surface area contributed by atoms with Gasteiger partial charge in [-0.3, -0.25) is 10.1 Å². The molecule has 0 amide bonds. The van der Waals surface area contributed by atoms with Gasteiger partial charge in [0.1, 0.15) is 0 Å². The molecule has 0 spiro atoms. The highest BCUT2D eigenvalue weighted by Gasteiger charge is 2.21. The van der Waals surface area contributed by atoms with E-state index in [0.717, 1.165) is 0 Å². The maximum absolute atomic E-state index is 10.7. The van der Waals surface area contributed by atoms with Crippen molar-refractivity contribution in [1.82, 2.24) is 0 Å². The van der Waals surface area contributed by atoms with E-state index in [0.29, 0.717) is 5.56 Å². The lowest BCUT2D eigenvalue weighted by Gasteiger charge is -2.11. The van der Waals surface area contributed by atoms with Crippen LogP contribution in [0, 0.1) is 10.1 Å². The van der Waals surface area contributed by atoms with Gasteiger partial charge in [0, 0.05) is 18.7 Å². The maximum atomic E-state index is 10.7. The topological polar surface area (TPSA) is 125 Å². The number of methoxy groups -OCH3 is 1. The molecule has 1 atom stereocenters. The molecule has 0 bridgehead atoms.